The lowest BCUT2D eigenvalue weighted by molar-refractivity contribution is -0.140. The molecule has 1 aromatic carbocycles. The number of benzene rings is 1. The van der Waals surface area contributed by atoms with Crippen molar-refractivity contribution in [2.24, 2.45) is 0 Å². The van der Waals surface area contributed by atoms with Crippen molar-refractivity contribution in [3.05, 3.63) is 29.8 Å². The van der Waals surface area contributed by atoms with Gasteiger partial charge in [0.25, 0.3) is 0 Å². The molecule has 0 unspecified atom stereocenters. The summed E-state index contributed by atoms with van der Waals surface area (Å²) in [5.74, 6) is -0.120. The molecule has 4 heteroatoms. The van der Waals surface area contributed by atoms with E-state index in [1.54, 1.807) is 6.92 Å². The minimum atomic E-state index is -0.185. The second-order valence-corrected chi connectivity index (χ2v) is 4.20. The van der Waals surface area contributed by atoms with Crippen LogP contribution < -0.4 is 4.90 Å². The molecule has 0 amide bonds. The number of hydrogen-bond donors (Lipinski definition) is 0. The number of carbonyl (C=O) groups is 2. The highest BCUT2D eigenvalue weighted by Gasteiger charge is 2.05. The van der Waals surface area contributed by atoms with Gasteiger partial charge >= 0.3 is 5.97 Å². The van der Waals surface area contributed by atoms with Crippen LogP contribution in [0.15, 0.2) is 24.3 Å². The maximum atomic E-state index is 11.1. The van der Waals surface area contributed by atoms with Gasteiger partial charge in [-0.25, -0.2) is 0 Å². The molecule has 0 N–H and O–H groups in total. The predicted octanol–water partition coefficient (Wildman–Crippen LogP) is 2.28. The van der Waals surface area contributed by atoms with Crippen molar-refractivity contribution in [1.29, 1.82) is 0 Å². The van der Waals surface area contributed by atoms with Crippen LogP contribution in [-0.2, 0) is 9.53 Å². The average molecular weight is 249 g/mol. The number of methoxy groups -OCH3 is 1. The molecule has 0 fully saturated rings. The summed E-state index contributed by atoms with van der Waals surface area (Å²) < 4.78 is 4.58. The zero-order chi connectivity index (χ0) is 13.5. The maximum Gasteiger partial charge on any atom is 0.305 e. The normalized spacial score (nSPS) is 9.94. The van der Waals surface area contributed by atoms with E-state index < -0.39 is 0 Å². The Morgan fingerprint density at radius 1 is 1.22 bits per heavy atom. The van der Waals surface area contributed by atoms with Crippen LogP contribution in [0.1, 0.15) is 30.1 Å². The van der Waals surface area contributed by atoms with E-state index in [0.29, 0.717) is 12.0 Å². The fourth-order valence-corrected chi connectivity index (χ4v) is 1.64. The summed E-state index contributed by atoms with van der Waals surface area (Å²) in [6.45, 7) is 2.32. The molecule has 18 heavy (non-hydrogen) atoms. The topological polar surface area (TPSA) is 46.6 Å². The molecule has 0 spiro atoms. The molecule has 0 atom stereocenters. The highest BCUT2D eigenvalue weighted by atomic mass is 16.5. The fourth-order valence-electron chi connectivity index (χ4n) is 1.64. The Bertz CT molecular complexity index is 412. The van der Waals surface area contributed by atoms with Crippen LogP contribution in [0, 0.1) is 0 Å². The van der Waals surface area contributed by atoms with Gasteiger partial charge in [-0.15, -0.1) is 0 Å². The Morgan fingerprint density at radius 2 is 1.83 bits per heavy atom. The number of Topliss-reactive ketones (excluding diaryl/α,β-unsaturated/α-hetero) is 1. The molecule has 0 aliphatic heterocycles. The Morgan fingerprint density at radius 3 is 2.33 bits per heavy atom. The molecular formula is C14H19NO3. The van der Waals surface area contributed by atoms with E-state index in [2.05, 4.69) is 4.74 Å². The van der Waals surface area contributed by atoms with E-state index in [0.717, 1.165) is 18.7 Å². The zero-order valence-corrected chi connectivity index (χ0v) is 11.1. The standard InChI is InChI=1S/C14H19NO3/c1-11(16)12-6-8-13(9-7-12)15(2)10-4-5-14(17)18-3/h6-9H,4-5,10H2,1-3H3. The van der Waals surface area contributed by atoms with E-state index in [4.69, 9.17) is 0 Å². The largest absolute Gasteiger partial charge is 0.469 e. The monoisotopic (exact) mass is 249 g/mol. The molecule has 0 radical (unpaired) electrons. The van der Waals surface area contributed by atoms with Crippen LogP contribution in [0.2, 0.25) is 0 Å². The van der Waals surface area contributed by atoms with Gasteiger partial charge in [0.2, 0.25) is 0 Å². The van der Waals surface area contributed by atoms with Gasteiger partial charge in [-0.2, -0.15) is 0 Å². The molecule has 0 bridgehead atoms. The highest BCUT2D eigenvalue weighted by molar-refractivity contribution is 5.94. The molecule has 0 aliphatic carbocycles. The minimum absolute atomic E-state index is 0.0647. The quantitative estimate of drug-likeness (QED) is 0.573. The molecular weight excluding hydrogens is 230 g/mol. The third kappa shape index (κ3) is 4.20. The Kier molecular flexibility index (Phi) is 5.36. The van der Waals surface area contributed by atoms with Gasteiger partial charge in [-0.3, -0.25) is 9.59 Å². The van der Waals surface area contributed by atoms with Gasteiger partial charge in [0.05, 0.1) is 7.11 Å². The molecule has 0 aromatic heterocycles. The molecule has 0 saturated carbocycles. The van der Waals surface area contributed by atoms with Crippen molar-refractivity contribution in [1.82, 2.24) is 0 Å². The first-order chi connectivity index (χ1) is 8.54. The second-order valence-electron chi connectivity index (χ2n) is 4.20. The highest BCUT2D eigenvalue weighted by Crippen LogP contribution is 2.14. The third-order valence-electron chi connectivity index (χ3n) is 2.82. The Balaban J connectivity index is 2.48. The van der Waals surface area contributed by atoms with Gasteiger partial charge in [0.15, 0.2) is 5.78 Å². The van der Waals surface area contributed by atoms with Crippen LogP contribution in [0.5, 0.6) is 0 Å². The van der Waals surface area contributed by atoms with Crippen molar-refractivity contribution < 1.29 is 14.3 Å². The lowest BCUT2D eigenvalue weighted by Gasteiger charge is -2.19. The number of ether oxygens (including phenoxy) is 1. The fraction of sp³-hybridized carbons (Fsp3) is 0.429. The van der Waals surface area contributed by atoms with Crippen molar-refractivity contribution in [3.63, 3.8) is 0 Å². The van der Waals surface area contributed by atoms with Gasteiger partial charge in [-0.1, -0.05) is 0 Å². The van der Waals surface area contributed by atoms with Crippen LogP contribution in [0.4, 0.5) is 5.69 Å². The number of ketones is 1. The SMILES string of the molecule is COC(=O)CCCN(C)c1ccc(C(C)=O)cc1. The molecule has 0 heterocycles. The smallest absolute Gasteiger partial charge is 0.305 e. The molecule has 98 valence electrons. The van der Waals surface area contributed by atoms with Crippen molar-refractivity contribution >= 4 is 17.4 Å². The number of esters is 1. The maximum absolute atomic E-state index is 11.1. The number of carbonyl (C=O) groups excluding carboxylic acids is 2. The van der Waals surface area contributed by atoms with Crippen LogP contribution in [0.3, 0.4) is 0 Å². The molecule has 1 rings (SSSR count). The Hall–Kier alpha value is -1.84. The lowest BCUT2D eigenvalue weighted by atomic mass is 10.1. The van der Waals surface area contributed by atoms with E-state index in [-0.39, 0.29) is 11.8 Å². The summed E-state index contributed by atoms with van der Waals surface area (Å²) in [7, 11) is 3.35. The second kappa shape index (κ2) is 6.79. The molecule has 4 nitrogen and oxygen atoms in total. The van der Waals surface area contributed by atoms with E-state index in [9.17, 15) is 9.59 Å². The van der Waals surface area contributed by atoms with E-state index in [1.165, 1.54) is 7.11 Å². The first-order valence-corrected chi connectivity index (χ1v) is 5.93. The van der Waals surface area contributed by atoms with Gasteiger partial charge in [0, 0.05) is 31.3 Å². The van der Waals surface area contributed by atoms with Crippen molar-refractivity contribution in [2.75, 3.05) is 25.6 Å². The van der Waals surface area contributed by atoms with Crippen LogP contribution in [-0.4, -0.2) is 32.5 Å². The van der Waals surface area contributed by atoms with Gasteiger partial charge < -0.3 is 9.64 Å². The first kappa shape index (κ1) is 14.2. The summed E-state index contributed by atoms with van der Waals surface area (Å²) in [6.07, 6.45) is 1.17. The van der Waals surface area contributed by atoms with Crippen LogP contribution in [0.25, 0.3) is 0 Å². The summed E-state index contributed by atoms with van der Waals surface area (Å²) >= 11 is 0. The number of hydrogen-bond acceptors (Lipinski definition) is 4. The van der Waals surface area contributed by atoms with Gasteiger partial charge in [0.1, 0.15) is 0 Å². The lowest BCUT2D eigenvalue weighted by Crippen LogP contribution is -2.19. The summed E-state index contributed by atoms with van der Waals surface area (Å²) in [5.41, 5.74) is 1.74. The summed E-state index contributed by atoms with van der Waals surface area (Å²) in [6, 6.07) is 7.45. The minimum Gasteiger partial charge on any atom is -0.469 e. The molecule has 0 saturated heterocycles. The number of rotatable bonds is 6. The molecule has 1 aromatic rings. The third-order valence-corrected chi connectivity index (χ3v) is 2.82. The molecule has 0 aliphatic rings. The Labute approximate surface area is 108 Å². The van der Waals surface area contributed by atoms with Crippen molar-refractivity contribution in [3.8, 4) is 0 Å². The zero-order valence-electron chi connectivity index (χ0n) is 11.1. The summed E-state index contributed by atoms with van der Waals surface area (Å²) in [5, 5.41) is 0. The van der Waals surface area contributed by atoms with Gasteiger partial charge in [-0.05, 0) is 37.6 Å². The number of anilines is 1. The van der Waals surface area contributed by atoms with Crippen LogP contribution >= 0.6 is 0 Å². The predicted molar refractivity (Wildman–Crippen MR) is 71.0 cm³/mol. The average Bonchev–Trinajstić information content (AvgIpc) is 2.38. The summed E-state index contributed by atoms with van der Waals surface area (Å²) in [4.78, 5) is 24.2. The van der Waals surface area contributed by atoms with E-state index in [1.807, 2.05) is 36.2 Å². The first-order valence-electron chi connectivity index (χ1n) is 5.93. The van der Waals surface area contributed by atoms with E-state index >= 15 is 0 Å². The number of nitrogens with zero attached hydrogens (tertiary/aromatic N) is 1. The van der Waals surface area contributed by atoms with Crippen molar-refractivity contribution in [2.45, 2.75) is 19.8 Å².